The molecule has 1 heterocycles. The van der Waals surface area contributed by atoms with Crippen molar-refractivity contribution in [3.05, 3.63) is 24.3 Å². The minimum atomic E-state index is -0.344. The summed E-state index contributed by atoms with van der Waals surface area (Å²) in [6, 6.07) is 7.35. The lowest BCUT2D eigenvalue weighted by Gasteiger charge is -2.38. The van der Waals surface area contributed by atoms with E-state index < -0.39 is 0 Å². The zero-order valence-corrected chi connectivity index (χ0v) is 10.2. The van der Waals surface area contributed by atoms with Crippen LogP contribution in [0.25, 0.3) is 0 Å². The lowest BCUT2D eigenvalue weighted by Crippen LogP contribution is -2.51. The third-order valence-corrected chi connectivity index (χ3v) is 3.24. The molecule has 0 spiro atoms. The summed E-state index contributed by atoms with van der Waals surface area (Å²) in [6.45, 7) is 3.03. The van der Waals surface area contributed by atoms with Crippen molar-refractivity contribution in [1.29, 1.82) is 0 Å². The quantitative estimate of drug-likeness (QED) is 0.869. The van der Waals surface area contributed by atoms with Crippen LogP contribution >= 0.6 is 0 Å². The molecule has 1 amide bonds. The Balaban J connectivity index is 2.07. The predicted octanol–water partition coefficient (Wildman–Crippen LogP) is 2.06. The number of carbonyl (C=O) groups is 1. The van der Waals surface area contributed by atoms with E-state index in [1.54, 1.807) is 13.2 Å². The zero-order valence-electron chi connectivity index (χ0n) is 10.2. The number of nitrogens with one attached hydrogen (secondary N) is 1. The first-order chi connectivity index (χ1) is 8.20. The Bertz CT molecular complexity index is 407. The third-order valence-electron chi connectivity index (χ3n) is 3.24. The number of hydrogen-bond donors (Lipinski definition) is 1. The number of amides is 1. The van der Waals surface area contributed by atoms with Crippen LogP contribution in [-0.2, 0) is 9.53 Å². The number of ether oxygens (including phenoxy) is 2. The van der Waals surface area contributed by atoms with Gasteiger partial charge < -0.3 is 14.8 Å². The van der Waals surface area contributed by atoms with Crippen LogP contribution < -0.4 is 10.1 Å². The van der Waals surface area contributed by atoms with Crippen LogP contribution in [0.15, 0.2) is 24.3 Å². The molecule has 4 heteroatoms. The first-order valence-electron chi connectivity index (χ1n) is 5.73. The Morgan fingerprint density at radius 1 is 1.53 bits per heavy atom. The van der Waals surface area contributed by atoms with E-state index in [-0.39, 0.29) is 11.3 Å². The van der Waals surface area contributed by atoms with Crippen LogP contribution in [0.1, 0.15) is 13.3 Å². The molecule has 1 saturated heterocycles. The molecule has 0 unspecified atom stereocenters. The topological polar surface area (TPSA) is 47.6 Å². The number of benzene rings is 1. The van der Waals surface area contributed by atoms with Gasteiger partial charge in [0.25, 0.3) is 0 Å². The van der Waals surface area contributed by atoms with Gasteiger partial charge in [-0.05, 0) is 18.6 Å². The van der Waals surface area contributed by atoms with Gasteiger partial charge in [0.15, 0.2) is 0 Å². The Morgan fingerprint density at radius 3 is 2.82 bits per heavy atom. The molecule has 4 nitrogen and oxygen atoms in total. The maximum atomic E-state index is 12.1. The molecule has 0 saturated carbocycles. The second-order valence-corrected chi connectivity index (χ2v) is 4.31. The lowest BCUT2D eigenvalue weighted by atomic mass is 9.82. The first-order valence-corrected chi connectivity index (χ1v) is 5.73. The highest BCUT2D eigenvalue weighted by molar-refractivity contribution is 5.96. The molecule has 0 aliphatic carbocycles. The number of rotatable bonds is 4. The Hall–Kier alpha value is -1.55. The average molecular weight is 235 g/mol. The summed E-state index contributed by atoms with van der Waals surface area (Å²) in [5, 5.41) is 2.91. The van der Waals surface area contributed by atoms with Crippen LogP contribution in [0.4, 0.5) is 5.69 Å². The van der Waals surface area contributed by atoms with E-state index in [4.69, 9.17) is 9.47 Å². The van der Waals surface area contributed by atoms with Crippen LogP contribution in [0.5, 0.6) is 5.75 Å². The van der Waals surface area contributed by atoms with Gasteiger partial charge in [-0.1, -0.05) is 13.0 Å². The largest absolute Gasteiger partial charge is 0.497 e. The van der Waals surface area contributed by atoms with E-state index in [1.165, 1.54) is 0 Å². The Labute approximate surface area is 101 Å². The molecule has 0 aromatic heterocycles. The maximum Gasteiger partial charge on any atom is 0.235 e. The molecule has 1 aliphatic heterocycles. The summed E-state index contributed by atoms with van der Waals surface area (Å²) in [5.41, 5.74) is 0.414. The van der Waals surface area contributed by atoms with Crippen LogP contribution in [0.3, 0.4) is 0 Å². The van der Waals surface area contributed by atoms with E-state index in [0.29, 0.717) is 13.2 Å². The molecular formula is C13H17NO3. The minimum Gasteiger partial charge on any atom is -0.497 e. The van der Waals surface area contributed by atoms with Crippen molar-refractivity contribution in [3.8, 4) is 5.75 Å². The smallest absolute Gasteiger partial charge is 0.235 e. The highest BCUT2D eigenvalue weighted by Crippen LogP contribution is 2.32. The molecule has 1 aromatic rings. The van der Waals surface area contributed by atoms with E-state index in [2.05, 4.69) is 5.32 Å². The fourth-order valence-electron chi connectivity index (χ4n) is 1.81. The molecule has 2 rings (SSSR count). The van der Waals surface area contributed by atoms with Crippen LogP contribution in [0, 0.1) is 5.41 Å². The lowest BCUT2D eigenvalue weighted by molar-refractivity contribution is -0.156. The van der Waals surface area contributed by atoms with Crippen molar-refractivity contribution in [2.45, 2.75) is 13.3 Å². The summed E-state index contributed by atoms with van der Waals surface area (Å²) in [4.78, 5) is 12.1. The Kier molecular flexibility index (Phi) is 3.33. The monoisotopic (exact) mass is 235 g/mol. The highest BCUT2D eigenvalue weighted by atomic mass is 16.5. The van der Waals surface area contributed by atoms with Gasteiger partial charge in [0.1, 0.15) is 5.75 Å². The molecule has 1 fully saturated rings. The third kappa shape index (κ3) is 2.26. The van der Waals surface area contributed by atoms with Crippen molar-refractivity contribution >= 4 is 11.6 Å². The number of carbonyl (C=O) groups excluding carboxylic acids is 1. The van der Waals surface area contributed by atoms with Crippen molar-refractivity contribution in [3.63, 3.8) is 0 Å². The van der Waals surface area contributed by atoms with E-state index in [9.17, 15) is 4.79 Å². The second kappa shape index (κ2) is 4.75. The molecule has 1 N–H and O–H groups in total. The molecule has 0 atom stereocenters. The standard InChI is InChI=1S/C13H17NO3/c1-3-13(8-17-9-13)12(15)14-10-5-4-6-11(7-10)16-2/h4-7H,3,8-9H2,1-2H3,(H,14,15). The summed E-state index contributed by atoms with van der Waals surface area (Å²) in [5.74, 6) is 0.762. The maximum absolute atomic E-state index is 12.1. The molecule has 17 heavy (non-hydrogen) atoms. The van der Waals surface area contributed by atoms with Crippen molar-refractivity contribution in [1.82, 2.24) is 0 Å². The van der Waals surface area contributed by atoms with Gasteiger partial charge in [0, 0.05) is 11.8 Å². The molecule has 1 aliphatic rings. The van der Waals surface area contributed by atoms with Crippen LogP contribution in [0.2, 0.25) is 0 Å². The summed E-state index contributed by atoms with van der Waals surface area (Å²) < 4.78 is 10.3. The predicted molar refractivity (Wildman–Crippen MR) is 65.2 cm³/mol. The first kappa shape index (κ1) is 11.9. The minimum absolute atomic E-state index is 0.0273. The van der Waals surface area contributed by atoms with E-state index in [1.807, 2.05) is 25.1 Å². The fraction of sp³-hybridized carbons (Fsp3) is 0.462. The molecular weight excluding hydrogens is 218 g/mol. The van der Waals surface area contributed by atoms with Gasteiger partial charge in [0.2, 0.25) is 5.91 Å². The second-order valence-electron chi connectivity index (χ2n) is 4.31. The summed E-state index contributed by atoms with van der Waals surface area (Å²) in [6.07, 6.45) is 0.794. The number of anilines is 1. The van der Waals surface area contributed by atoms with Gasteiger partial charge in [-0.15, -0.1) is 0 Å². The van der Waals surface area contributed by atoms with Gasteiger partial charge in [0.05, 0.1) is 25.7 Å². The normalized spacial score (nSPS) is 17.1. The van der Waals surface area contributed by atoms with E-state index in [0.717, 1.165) is 17.9 Å². The Morgan fingerprint density at radius 2 is 2.29 bits per heavy atom. The fourth-order valence-corrected chi connectivity index (χ4v) is 1.81. The molecule has 92 valence electrons. The summed E-state index contributed by atoms with van der Waals surface area (Å²) in [7, 11) is 1.61. The van der Waals surface area contributed by atoms with Gasteiger partial charge >= 0.3 is 0 Å². The zero-order chi connectivity index (χ0) is 12.3. The van der Waals surface area contributed by atoms with Crippen molar-refractivity contribution < 1.29 is 14.3 Å². The average Bonchev–Trinajstić information content (AvgIpc) is 2.28. The highest BCUT2D eigenvalue weighted by Gasteiger charge is 2.44. The molecule has 0 bridgehead atoms. The van der Waals surface area contributed by atoms with Crippen LogP contribution in [-0.4, -0.2) is 26.2 Å². The number of hydrogen-bond acceptors (Lipinski definition) is 3. The van der Waals surface area contributed by atoms with E-state index >= 15 is 0 Å². The summed E-state index contributed by atoms with van der Waals surface area (Å²) >= 11 is 0. The van der Waals surface area contributed by atoms with Gasteiger partial charge in [-0.2, -0.15) is 0 Å². The molecule has 0 radical (unpaired) electrons. The number of methoxy groups -OCH3 is 1. The van der Waals surface area contributed by atoms with Gasteiger partial charge in [-0.25, -0.2) is 0 Å². The van der Waals surface area contributed by atoms with Gasteiger partial charge in [-0.3, -0.25) is 4.79 Å². The van der Waals surface area contributed by atoms with Crippen molar-refractivity contribution in [2.24, 2.45) is 5.41 Å². The van der Waals surface area contributed by atoms with Crippen molar-refractivity contribution in [2.75, 3.05) is 25.6 Å². The SMILES string of the molecule is CCC1(C(=O)Nc2cccc(OC)c2)COC1. The molecule has 1 aromatic carbocycles.